The van der Waals surface area contributed by atoms with Gasteiger partial charge in [-0.3, -0.25) is 4.79 Å². The number of carbonyl (C=O) groups is 1. The Hall–Kier alpha value is -2.11. The first-order valence-electron chi connectivity index (χ1n) is 6.08. The highest BCUT2D eigenvalue weighted by Gasteiger charge is 2.30. The smallest absolute Gasteiger partial charge is 0.273 e. The lowest BCUT2D eigenvalue weighted by atomic mass is 9.99. The van der Waals surface area contributed by atoms with Gasteiger partial charge in [0.1, 0.15) is 0 Å². The number of benzene rings is 1. The maximum atomic E-state index is 12.6. The lowest BCUT2D eigenvalue weighted by molar-refractivity contribution is -0.137. The molecule has 1 atom stereocenters. The zero-order valence-corrected chi connectivity index (χ0v) is 10.7. The second kappa shape index (κ2) is 5.48. The van der Waals surface area contributed by atoms with Crippen LogP contribution in [-0.2, 0) is 11.0 Å². The molecule has 20 heavy (non-hydrogen) atoms. The highest BCUT2D eigenvalue weighted by molar-refractivity contribution is 6.03. The van der Waals surface area contributed by atoms with Crippen LogP contribution in [0.15, 0.2) is 35.4 Å². The van der Waals surface area contributed by atoms with Gasteiger partial charge >= 0.3 is 6.18 Å². The highest BCUT2D eigenvalue weighted by Crippen LogP contribution is 2.29. The van der Waals surface area contributed by atoms with Crippen molar-refractivity contribution >= 4 is 17.7 Å². The van der Waals surface area contributed by atoms with Gasteiger partial charge in [0.05, 0.1) is 11.3 Å². The standard InChI is InChI=1S/C14H13F3N2O/c1-9-7-13(20)19-18-12(9)6-5-10-3-2-4-11(8-10)14(15,16)17/h2-6,8-9H,7H2,1H3,(H,19,20). The minimum absolute atomic E-state index is 0.0502. The van der Waals surface area contributed by atoms with E-state index >= 15 is 0 Å². The Kier molecular flexibility index (Phi) is 3.92. The normalized spacial score (nSPS) is 19.9. The van der Waals surface area contributed by atoms with Gasteiger partial charge in [-0.25, -0.2) is 5.43 Å². The van der Waals surface area contributed by atoms with Gasteiger partial charge < -0.3 is 0 Å². The van der Waals surface area contributed by atoms with Crippen molar-refractivity contribution in [3.05, 3.63) is 41.5 Å². The van der Waals surface area contributed by atoms with Crippen LogP contribution in [0, 0.1) is 5.92 Å². The van der Waals surface area contributed by atoms with Crippen molar-refractivity contribution in [2.45, 2.75) is 19.5 Å². The Bertz CT molecular complexity index is 576. The van der Waals surface area contributed by atoms with Crippen molar-refractivity contribution in [3.8, 4) is 0 Å². The summed E-state index contributed by atoms with van der Waals surface area (Å²) in [6, 6.07) is 5.04. The monoisotopic (exact) mass is 282 g/mol. The Morgan fingerprint density at radius 3 is 2.75 bits per heavy atom. The Morgan fingerprint density at radius 2 is 2.10 bits per heavy atom. The molecule has 0 aromatic heterocycles. The number of nitrogens with one attached hydrogen (secondary N) is 1. The van der Waals surface area contributed by atoms with E-state index in [-0.39, 0.29) is 11.8 Å². The molecule has 1 N–H and O–H groups in total. The van der Waals surface area contributed by atoms with Crippen LogP contribution in [-0.4, -0.2) is 11.6 Å². The lowest BCUT2D eigenvalue weighted by Crippen LogP contribution is -2.30. The molecule has 2 rings (SSSR count). The summed E-state index contributed by atoms with van der Waals surface area (Å²) in [5.41, 5.74) is 2.74. The fourth-order valence-corrected chi connectivity index (χ4v) is 1.87. The number of hydrogen-bond acceptors (Lipinski definition) is 2. The molecule has 0 bridgehead atoms. The SMILES string of the molecule is CC1CC(=O)NN=C1C=Cc1cccc(C(F)(F)F)c1. The molecule has 1 amide bonds. The fraction of sp³-hybridized carbons (Fsp3) is 0.286. The van der Waals surface area contributed by atoms with Gasteiger partial charge in [0.2, 0.25) is 5.91 Å². The summed E-state index contributed by atoms with van der Waals surface area (Å²) >= 11 is 0. The van der Waals surface area contributed by atoms with Gasteiger partial charge in [-0.2, -0.15) is 18.3 Å². The van der Waals surface area contributed by atoms with Crippen LogP contribution < -0.4 is 5.43 Å². The van der Waals surface area contributed by atoms with E-state index in [0.29, 0.717) is 17.7 Å². The topological polar surface area (TPSA) is 41.5 Å². The van der Waals surface area contributed by atoms with Gasteiger partial charge in [0, 0.05) is 12.3 Å². The molecule has 1 aromatic rings. The van der Waals surface area contributed by atoms with Crippen LogP contribution in [0.4, 0.5) is 13.2 Å². The van der Waals surface area contributed by atoms with Crippen LogP contribution in [0.1, 0.15) is 24.5 Å². The van der Waals surface area contributed by atoms with Crippen molar-refractivity contribution < 1.29 is 18.0 Å². The molecule has 1 aliphatic heterocycles. The molecule has 1 unspecified atom stereocenters. The molecule has 0 radical (unpaired) electrons. The molecule has 1 heterocycles. The molecule has 0 saturated carbocycles. The summed E-state index contributed by atoms with van der Waals surface area (Å²) in [6.45, 7) is 1.84. The number of amides is 1. The van der Waals surface area contributed by atoms with Crippen molar-refractivity contribution in [1.29, 1.82) is 0 Å². The number of rotatable bonds is 2. The van der Waals surface area contributed by atoms with Crippen LogP contribution in [0.25, 0.3) is 6.08 Å². The zero-order chi connectivity index (χ0) is 14.8. The van der Waals surface area contributed by atoms with E-state index in [1.54, 1.807) is 18.2 Å². The van der Waals surface area contributed by atoms with Gasteiger partial charge in [-0.1, -0.05) is 25.1 Å². The maximum absolute atomic E-state index is 12.6. The molecule has 106 valence electrons. The molecule has 0 fully saturated rings. The molecular formula is C14H13F3N2O. The second-order valence-corrected chi connectivity index (χ2v) is 4.63. The van der Waals surface area contributed by atoms with Crippen molar-refractivity contribution in [2.24, 2.45) is 11.0 Å². The summed E-state index contributed by atoms with van der Waals surface area (Å²) in [4.78, 5) is 11.1. The number of nitrogens with zero attached hydrogens (tertiary/aromatic N) is 1. The molecular weight excluding hydrogens is 269 g/mol. The summed E-state index contributed by atoms with van der Waals surface area (Å²) in [5.74, 6) is -0.209. The fourth-order valence-electron chi connectivity index (χ4n) is 1.87. The first-order valence-corrected chi connectivity index (χ1v) is 6.08. The third kappa shape index (κ3) is 3.46. The van der Waals surface area contributed by atoms with E-state index in [1.165, 1.54) is 6.07 Å². The van der Waals surface area contributed by atoms with Gasteiger partial charge in [0.15, 0.2) is 0 Å². The molecule has 0 aliphatic carbocycles. The predicted molar refractivity (Wildman–Crippen MR) is 69.8 cm³/mol. The Labute approximate surface area is 114 Å². The predicted octanol–water partition coefficient (Wildman–Crippen LogP) is 3.23. The van der Waals surface area contributed by atoms with Crippen molar-refractivity contribution in [2.75, 3.05) is 0 Å². The molecule has 1 aliphatic rings. The van der Waals surface area contributed by atoms with E-state index in [4.69, 9.17) is 0 Å². The Balaban J connectivity index is 2.18. The summed E-state index contributed by atoms with van der Waals surface area (Å²) in [6.07, 6.45) is -0.846. The average Bonchev–Trinajstić information content (AvgIpc) is 2.37. The maximum Gasteiger partial charge on any atom is 0.416 e. The minimum Gasteiger partial charge on any atom is -0.273 e. The quantitative estimate of drug-likeness (QED) is 0.889. The van der Waals surface area contributed by atoms with E-state index < -0.39 is 11.7 Å². The summed E-state index contributed by atoms with van der Waals surface area (Å²) in [7, 11) is 0. The van der Waals surface area contributed by atoms with E-state index in [0.717, 1.165) is 12.1 Å². The van der Waals surface area contributed by atoms with Crippen LogP contribution in [0.2, 0.25) is 0 Å². The van der Waals surface area contributed by atoms with E-state index in [9.17, 15) is 18.0 Å². The third-order valence-electron chi connectivity index (χ3n) is 2.97. The largest absolute Gasteiger partial charge is 0.416 e. The zero-order valence-electron chi connectivity index (χ0n) is 10.7. The highest BCUT2D eigenvalue weighted by atomic mass is 19.4. The van der Waals surface area contributed by atoms with Crippen LogP contribution >= 0.6 is 0 Å². The first kappa shape index (κ1) is 14.3. The van der Waals surface area contributed by atoms with E-state index in [2.05, 4.69) is 10.5 Å². The van der Waals surface area contributed by atoms with Crippen LogP contribution in [0.5, 0.6) is 0 Å². The summed E-state index contributed by atoms with van der Waals surface area (Å²) in [5, 5.41) is 3.89. The number of carbonyl (C=O) groups excluding carboxylic acids is 1. The van der Waals surface area contributed by atoms with Gasteiger partial charge in [0.25, 0.3) is 0 Å². The molecule has 0 spiro atoms. The number of hydrazone groups is 1. The number of alkyl halides is 3. The molecule has 1 aromatic carbocycles. The molecule has 0 saturated heterocycles. The van der Waals surface area contributed by atoms with Crippen molar-refractivity contribution in [1.82, 2.24) is 5.43 Å². The van der Waals surface area contributed by atoms with Crippen LogP contribution in [0.3, 0.4) is 0 Å². The van der Waals surface area contributed by atoms with Gasteiger partial charge in [-0.05, 0) is 23.8 Å². The number of halogens is 3. The first-order chi connectivity index (χ1) is 9.36. The second-order valence-electron chi connectivity index (χ2n) is 4.63. The average molecular weight is 282 g/mol. The summed E-state index contributed by atoms with van der Waals surface area (Å²) < 4.78 is 37.7. The van der Waals surface area contributed by atoms with Gasteiger partial charge in [-0.15, -0.1) is 0 Å². The Morgan fingerprint density at radius 1 is 1.35 bits per heavy atom. The number of allylic oxidation sites excluding steroid dienone is 1. The lowest BCUT2D eigenvalue weighted by Gasteiger charge is -2.16. The third-order valence-corrected chi connectivity index (χ3v) is 2.97. The molecule has 3 nitrogen and oxygen atoms in total. The number of hydrogen-bond donors (Lipinski definition) is 1. The van der Waals surface area contributed by atoms with Crippen molar-refractivity contribution in [3.63, 3.8) is 0 Å². The van der Waals surface area contributed by atoms with E-state index in [1.807, 2.05) is 6.92 Å². The minimum atomic E-state index is -4.35. The molecule has 6 heteroatoms.